The number of hydrogen-bond acceptors (Lipinski definition) is 2. The number of carbonyl (C=O) groups is 1. The number of aliphatic carboxylic acids is 1. The van der Waals surface area contributed by atoms with E-state index in [0.717, 1.165) is 6.07 Å². The zero-order chi connectivity index (χ0) is 10.9. The number of hydrogen-bond donors (Lipinski definition) is 2. The number of aliphatic hydroxyl groups excluding tert-OH is 1. The van der Waals surface area contributed by atoms with Crippen molar-refractivity contribution >= 4 is 17.6 Å². The third-order valence-corrected chi connectivity index (χ3v) is 2.06. The van der Waals surface area contributed by atoms with Crippen LogP contribution in [0.5, 0.6) is 0 Å². The van der Waals surface area contributed by atoms with E-state index in [1.807, 2.05) is 0 Å². The first kappa shape index (κ1) is 10.9. The van der Waals surface area contributed by atoms with E-state index in [1.165, 1.54) is 13.0 Å². The number of carboxylic acid groups (broad SMARTS) is 1. The zero-order valence-electron chi connectivity index (χ0n) is 7.29. The number of benzene rings is 1. The maximum atomic E-state index is 13.0. The van der Waals surface area contributed by atoms with Crippen molar-refractivity contribution in [1.82, 2.24) is 0 Å². The largest absolute Gasteiger partial charge is 0.479 e. The molecule has 1 unspecified atom stereocenters. The third-order valence-electron chi connectivity index (χ3n) is 1.78. The molecule has 1 rings (SSSR count). The SMILES string of the molecule is Cc1cc(C(O)C(=O)O)cc(Cl)c1F. The van der Waals surface area contributed by atoms with Gasteiger partial charge in [-0.25, -0.2) is 9.18 Å². The summed E-state index contributed by atoms with van der Waals surface area (Å²) in [6, 6.07) is 2.35. The first-order chi connectivity index (χ1) is 6.43. The Bertz CT molecular complexity index is 355. The Hall–Kier alpha value is -1.13. The predicted molar refractivity (Wildman–Crippen MR) is 48.7 cm³/mol. The average molecular weight is 219 g/mol. The molecule has 0 saturated heterocycles. The summed E-state index contributed by atoms with van der Waals surface area (Å²) in [6.45, 7) is 1.44. The van der Waals surface area contributed by atoms with Crippen LogP contribution < -0.4 is 0 Å². The van der Waals surface area contributed by atoms with Crippen molar-refractivity contribution in [2.45, 2.75) is 13.0 Å². The molecule has 0 aliphatic rings. The molecule has 0 fully saturated rings. The minimum atomic E-state index is -1.67. The summed E-state index contributed by atoms with van der Waals surface area (Å²) in [4.78, 5) is 10.4. The Kier molecular flexibility index (Phi) is 3.08. The minimum absolute atomic E-state index is 0.0707. The second-order valence-electron chi connectivity index (χ2n) is 2.87. The third kappa shape index (κ3) is 2.02. The number of aliphatic hydroxyl groups is 1. The molecule has 76 valence electrons. The summed E-state index contributed by atoms with van der Waals surface area (Å²) >= 11 is 5.49. The van der Waals surface area contributed by atoms with E-state index in [2.05, 4.69) is 0 Å². The predicted octanol–water partition coefficient (Wildman–Crippen LogP) is 1.91. The van der Waals surface area contributed by atoms with Crippen molar-refractivity contribution in [3.8, 4) is 0 Å². The van der Waals surface area contributed by atoms with Gasteiger partial charge in [0.1, 0.15) is 5.82 Å². The molecule has 0 amide bonds. The van der Waals surface area contributed by atoms with Crippen LogP contribution in [0.25, 0.3) is 0 Å². The first-order valence-corrected chi connectivity index (χ1v) is 4.17. The van der Waals surface area contributed by atoms with Gasteiger partial charge in [0.15, 0.2) is 6.10 Å². The minimum Gasteiger partial charge on any atom is -0.479 e. The number of aryl methyl sites for hydroxylation is 1. The van der Waals surface area contributed by atoms with Crippen molar-refractivity contribution in [2.75, 3.05) is 0 Å². The Morgan fingerprint density at radius 1 is 1.57 bits per heavy atom. The van der Waals surface area contributed by atoms with Crippen molar-refractivity contribution in [2.24, 2.45) is 0 Å². The van der Waals surface area contributed by atoms with Crippen LogP contribution in [0.1, 0.15) is 17.2 Å². The molecular weight excluding hydrogens is 211 g/mol. The molecule has 0 spiro atoms. The second kappa shape index (κ2) is 3.94. The zero-order valence-corrected chi connectivity index (χ0v) is 8.05. The Labute approximate surface area is 84.7 Å². The molecule has 1 aromatic rings. The van der Waals surface area contributed by atoms with Crippen LogP contribution in [0.4, 0.5) is 4.39 Å². The van der Waals surface area contributed by atoms with E-state index in [4.69, 9.17) is 21.8 Å². The van der Waals surface area contributed by atoms with Crippen molar-refractivity contribution in [3.05, 3.63) is 34.1 Å². The van der Waals surface area contributed by atoms with Crippen LogP contribution in [0.2, 0.25) is 5.02 Å². The fraction of sp³-hybridized carbons (Fsp3) is 0.222. The van der Waals surface area contributed by atoms with E-state index in [-0.39, 0.29) is 16.1 Å². The van der Waals surface area contributed by atoms with E-state index in [1.54, 1.807) is 0 Å². The molecule has 0 bridgehead atoms. The molecular formula is C9H8ClFO3. The molecule has 0 aromatic heterocycles. The van der Waals surface area contributed by atoms with Crippen molar-refractivity contribution < 1.29 is 19.4 Å². The lowest BCUT2D eigenvalue weighted by molar-refractivity contribution is -0.146. The molecule has 0 heterocycles. The van der Waals surface area contributed by atoms with E-state index < -0.39 is 17.9 Å². The number of carboxylic acids is 1. The van der Waals surface area contributed by atoms with Gasteiger partial charge >= 0.3 is 5.97 Å². The highest BCUT2D eigenvalue weighted by atomic mass is 35.5. The smallest absolute Gasteiger partial charge is 0.337 e. The monoisotopic (exact) mass is 218 g/mol. The van der Waals surface area contributed by atoms with Gasteiger partial charge in [0.25, 0.3) is 0 Å². The summed E-state index contributed by atoms with van der Waals surface area (Å²) < 4.78 is 13.0. The normalized spacial score (nSPS) is 12.6. The van der Waals surface area contributed by atoms with Gasteiger partial charge in [-0.3, -0.25) is 0 Å². The van der Waals surface area contributed by atoms with Crippen LogP contribution in [0, 0.1) is 12.7 Å². The average Bonchev–Trinajstić information content (AvgIpc) is 2.12. The fourth-order valence-electron chi connectivity index (χ4n) is 1.05. The lowest BCUT2D eigenvalue weighted by Crippen LogP contribution is -2.10. The van der Waals surface area contributed by atoms with Crippen molar-refractivity contribution in [1.29, 1.82) is 0 Å². The molecule has 1 aromatic carbocycles. The molecule has 0 aliphatic carbocycles. The van der Waals surface area contributed by atoms with Gasteiger partial charge in [-0.2, -0.15) is 0 Å². The van der Waals surface area contributed by atoms with Gasteiger partial charge in [-0.15, -0.1) is 0 Å². The molecule has 1 atom stereocenters. The van der Waals surface area contributed by atoms with Crippen LogP contribution in [0.3, 0.4) is 0 Å². The summed E-state index contributed by atoms with van der Waals surface area (Å²) in [5.41, 5.74) is 0.272. The first-order valence-electron chi connectivity index (χ1n) is 3.80. The Balaban J connectivity index is 3.19. The number of rotatable bonds is 2. The van der Waals surface area contributed by atoms with Gasteiger partial charge in [0.2, 0.25) is 0 Å². The summed E-state index contributed by atoms with van der Waals surface area (Å²) in [5, 5.41) is 17.5. The van der Waals surface area contributed by atoms with E-state index in [9.17, 15) is 9.18 Å². The van der Waals surface area contributed by atoms with Gasteiger partial charge in [0, 0.05) is 0 Å². The molecule has 14 heavy (non-hydrogen) atoms. The van der Waals surface area contributed by atoms with Gasteiger partial charge < -0.3 is 10.2 Å². The highest BCUT2D eigenvalue weighted by Crippen LogP contribution is 2.24. The van der Waals surface area contributed by atoms with Gasteiger partial charge in [0.05, 0.1) is 5.02 Å². The maximum absolute atomic E-state index is 13.0. The maximum Gasteiger partial charge on any atom is 0.337 e. The van der Waals surface area contributed by atoms with Crippen molar-refractivity contribution in [3.63, 3.8) is 0 Å². The molecule has 2 N–H and O–H groups in total. The Morgan fingerprint density at radius 3 is 2.57 bits per heavy atom. The van der Waals surface area contributed by atoms with Gasteiger partial charge in [-0.1, -0.05) is 11.6 Å². The molecule has 0 radical (unpaired) electrons. The lowest BCUT2D eigenvalue weighted by atomic mass is 10.1. The summed E-state index contributed by atoms with van der Waals surface area (Å²) in [7, 11) is 0. The van der Waals surface area contributed by atoms with Crippen LogP contribution >= 0.6 is 11.6 Å². The lowest BCUT2D eigenvalue weighted by Gasteiger charge is -2.08. The topological polar surface area (TPSA) is 57.5 Å². The van der Waals surface area contributed by atoms with Gasteiger partial charge in [-0.05, 0) is 30.2 Å². The standard InChI is InChI=1S/C9H8ClFO3/c1-4-2-5(8(12)9(13)14)3-6(10)7(4)11/h2-3,8,12H,1H3,(H,13,14). The van der Waals surface area contributed by atoms with Crippen LogP contribution in [-0.2, 0) is 4.79 Å². The Morgan fingerprint density at radius 2 is 2.14 bits per heavy atom. The molecule has 3 nitrogen and oxygen atoms in total. The highest BCUT2D eigenvalue weighted by molar-refractivity contribution is 6.30. The quantitative estimate of drug-likeness (QED) is 0.797. The van der Waals surface area contributed by atoms with E-state index >= 15 is 0 Å². The molecule has 0 aliphatic heterocycles. The number of halogens is 2. The highest BCUT2D eigenvalue weighted by Gasteiger charge is 2.18. The molecule has 0 saturated carbocycles. The fourth-order valence-corrected chi connectivity index (χ4v) is 1.33. The second-order valence-corrected chi connectivity index (χ2v) is 3.28. The summed E-state index contributed by atoms with van der Waals surface area (Å²) in [6.07, 6.45) is -1.67. The van der Waals surface area contributed by atoms with Crippen LogP contribution in [0.15, 0.2) is 12.1 Å². The summed E-state index contributed by atoms with van der Waals surface area (Å²) in [5.74, 6) is -2.00. The molecule has 5 heteroatoms. The van der Waals surface area contributed by atoms with Crippen LogP contribution in [-0.4, -0.2) is 16.2 Å². The van der Waals surface area contributed by atoms with E-state index in [0.29, 0.717) is 0 Å².